The minimum atomic E-state index is 0.0728. The molecular weight excluding hydrogens is 210 g/mol. The third-order valence-electron chi connectivity index (χ3n) is 4.44. The lowest BCUT2D eigenvalue weighted by atomic mass is 9.78. The zero-order valence-corrected chi connectivity index (χ0v) is 11.6. The van der Waals surface area contributed by atoms with E-state index in [4.69, 9.17) is 5.73 Å². The van der Waals surface area contributed by atoms with Crippen LogP contribution >= 0.6 is 0 Å². The molecule has 0 radical (unpaired) electrons. The SMILES string of the molecule is CCCCCCCCCC(CN)(CO)C1CC1. The van der Waals surface area contributed by atoms with Crippen LogP contribution in [0.25, 0.3) is 0 Å². The van der Waals surface area contributed by atoms with Crippen LogP contribution in [0.1, 0.15) is 71.1 Å². The van der Waals surface area contributed by atoms with Gasteiger partial charge in [-0.3, -0.25) is 0 Å². The van der Waals surface area contributed by atoms with E-state index >= 15 is 0 Å². The van der Waals surface area contributed by atoms with Gasteiger partial charge < -0.3 is 10.8 Å². The predicted molar refractivity (Wildman–Crippen MR) is 73.9 cm³/mol. The van der Waals surface area contributed by atoms with Crippen molar-refractivity contribution in [3.8, 4) is 0 Å². The molecule has 0 spiro atoms. The third kappa shape index (κ3) is 4.97. The molecule has 102 valence electrons. The number of hydrogen-bond donors (Lipinski definition) is 2. The van der Waals surface area contributed by atoms with Gasteiger partial charge in [-0.25, -0.2) is 0 Å². The molecule has 1 fully saturated rings. The van der Waals surface area contributed by atoms with E-state index in [1.165, 1.54) is 57.8 Å². The molecule has 2 heteroatoms. The Morgan fingerprint density at radius 1 is 1.06 bits per heavy atom. The molecule has 0 aromatic rings. The van der Waals surface area contributed by atoms with Crippen molar-refractivity contribution in [2.75, 3.05) is 13.2 Å². The number of unbranched alkanes of at least 4 members (excludes halogenated alkanes) is 6. The number of rotatable bonds is 11. The lowest BCUT2D eigenvalue weighted by Gasteiger charge is -2.30. The normalized spacial score (nSPS) is 19.2. The standard InChI is InChI=1S/C15H31NO/c1-2-3-4-5-6-7-8-11-15(12-16,13-17)14-9-10-14/h14,17H,2-13,16H2,1H3. The average Bonchev–Trinajstić information content (AvgIpc) is 3.18. The molecule has 1 atom stereocenters. The Bertz CT molecular complexity index is 185. The van der Waals surface area contributed by atoms with Crippen LogP contribution in [0.3, 0.4) is 0 Å². The van der Waals surface area contributed by atoms with Crippen molar-refractivity contribution in [2.24, 2.45) is 17.1 Å². The number of aliphatic hydroxyl groups is 1. The Kier molecular flexibility index (Phi) is 7.14. The van der Waals surface area contributed by atoms with Gasteiger partial charge in [0.25, 0.3) is 0 Å². The summed E-state index contributed by atoms with van der Waals surface area (Å²) in [4.78, 5) is 0. The molecule has 3 N–H and O–H groups in total. The van der Waals surface area contributed by atoms with Gasteiger partial charge in [-0.2, -0.15) is 0 Å². The van der Waals surface area contributed by atoms with Crippen LogP contribution < -0.4 is 5.73 Å². The second kappa shape index (κ2) is 8.10. The lowest BCUT2D eigenvalue weighted by molar-refractivity contribution is 0.0961. The molecular formula is C15H31NO. The molecule has 1 aliphatic carbocycles. The fraction of sp³-hybridized carbons (Fsp3) is 1.00. The molecule has 17 heavy (non-hydrogen) atoms. The molecule has 0 aromatic heterocycles. The maximum absolute atomic E-state index is 9.58. The summed E-state index contributed by atoms with van der Waals surface area (Å²) < 4.78 is 0. The van der Waals surface area contributed by atoms with Crippen molar-refractivity contribution in [1.29, 1.82) is 0 Å². The van der Waals surface area contributed by atoms with Crippen molar-refractivity contribution < 1.29 is 5.11 Å². The van der Waals surface area contributed by atoms with E-state index in [2.05, 4.69) is 6.92 Å². The van der Waals surface area contributed by atoms with Crippen molar-refractivity contribution in [3.05, 3.63) is 0 Å². The van der Waals surface area contributed by atoms with Crippen molar-refractivity contribution in [2.45, 2.75) is 71.1 Å². The van der Waals surface area contributed by atoms with E-state index in [-0.39, 0.29) is 5.41 Å². The quantitative estimate of drug-likeness (QED) is 0.544. The first-order chi connectivity index (χ1) is 8.29. The fourth-order valence-corrected chi connectivity index (χ4v) is 2.88. The number of aliphatic hydroxyl groups excluding tert-OH is 1. The largest absolute Gasteiger partial charge is 0.396 e. The van der Waals surface area contributed by atoms with Gasteiger partial charge in [0, 0.05) is 12.0 Å². The van der Waals surface area contributed by atoms with Gasteiger partial charge in [-0.15, -0.1) is 0 Å². The van der Waals surface area contributed by atoms with E-state index in [1.807, 2.05) is 0 Å². The summed E-state index contributed by atoms with van der Waals surface area (Å²) in [6.45, 7) is 3.22. The van der Waals surface area contributed by atoms with E-state index in [9.17, 15) is 5.11 Å². The van der Waals surface area contributed by atoms with Gasteiger partial charge in [0.15, 0.2) is 0 Å². The minimum Gasteiger partial charge on any atom is -0.396 e. The number of hydrogen-bond acceptors (Lipinski definition) is 2. The van der Waals surface area contributed by atoms with Crippen LogP contribution in [0, 0.1) is 11.3 Å². The highest BCUT2D eigenvalue weighted by atomic mass is 16.3. The highest BCUT2D eigenvalue weighted by Crippen LogP contribution is 2.47. The summed E-state index contributed by atoms with van der Waals surface area (Å²) >= 11 is 0. The Morgan fingerprint density at radius 2 is 1.65 bits per heavy atom. The van der Waals surface area contributed by atoms with E-state index in [0.717, 1.165) is 12.3 Å². The molecule has 0 aliphatic heterocycles. The topological polar surface area (TPSA) is 46.2 Å². The molecule has 0 bridgehead atoms. The monoisotopic (exact) mass is 241 g/mol. The molecule has 1 unspecified atom stereocenters. The first-order valence-electron chi connectivity index (χ1n) is 7.60. The van der Waals surface area contributed by atoms with Crippen molar-refractivity contribution in [3.63, 3.8) is 0 Å². The Balaban J connectivity index is 2.07. The minimum absolute atomic E-state index is 0.0728. The average molecular weight is 241 g/mol. The van der Waals surface area contributed by atoms with Crippen LogP contribution in [-0.2, 0) is 0 Å². The van der Waals surface area contributed by atoms with Gasteiger partial charge >= 0.3 is 0 Å². The van der Waals surface area contributed by atoms with E-state index < -0.39 is 0 Å². The van der Waals surface area contributed by atoms with Gasteiger partial charge in [-0.05, 0) is 25.2 Å². The van der Waals surface area contributed by atoms with E-state index in [1.54, 1.807) is 0 Å². The highest BCUT2D eigenvalue weighted by Gasteiger charge is 2.43. The van der Waals surface area contributed by atoms with Gasteiger partial charge in [0.05, 0.1) is 6.61 Å². The summed E-state index contributed by atoms with van der Waals surface area (Å²) in [5.41, 5.74) is 5.95. The van der Waals surface area contributed by atoms with Crippen molar-refractivity contribution in [1.82, 2.24) is 0 Å². The van der Waals surface area contributed by atoms with Crippen LogP contribution in [0.2, 0.25) is 0 Å². The number of nitrogens with two attached hydrogens (primary N) is 1. The summed E-state index contributed by atoms with van der Waals surface area (Å²) in [7, 11) is 0. The van der Waals surface area contributed by atoms with Crippen LogP contribution in [0.4, 0.5) is 0 Å². The second-order valence-corrected chi connectivity index (χ2v) is 5.87. The summed E-state index contributed by atoms with van der Waals surface area (Å²) in [6, 6.07) is 0. The molecule has 1 rings (SSSR count). The molecule has 2 nitrogen and oxygen atoms in total. The summed E-state index contributed by atoms with van der Waals surface area (Å²) in [5, 5.41) is 9.58. The molecule has 0 saturated heterocycles. The summed E-state index contributed by atoms with van der Waals surface area (Å²) in [6.07, 6.45) is 13.1. The Morgan fingerprint density at radius 3 is 2.12 bits per heavy atom. The first kappa shape index (κ1) is 15.0. The lowest BCUT2D eigenvalue weighted by Crippen LogP contribution is -2.36. The van der Waals surface area contributed by atoms with Crippen molar-refractivity contribution >= 4 is 0 Å². The maximum Gasteiger partial charge on any atom is 0.0502 e. The molecule has 0 heterocycles. The van der Waals surface area contributed by atoms with Gasteiger partial charge in [0.1, 0.15) is 0 Å². The van der Waals surface area contributed by atoms with Crippen LogP contribution in [0.15, 0.2) is 0 Å². The third-order valence-corrected chi connectivity index (χ3v) is 4.44. The fourth-order valence-electron chi connectivity index (χ4n) is 2.88. The molecule has 1 saturated carbocycles. The Labute approximate surface area is 107 Å². The maximum atomic E-state index is 9.58. The molecule has 0 aromatic carbocycles. The Hall–Kier alpha value is -0.0800. The first-order valence-corrected chi connectivity index (χ1v) is 7.60. The molecule has 0 amide bonds. The zero-order chi connectivity index (χ0) is 12.6. The van der Waals surface area contributed by atoms with Gasteiger partial charge in [-0.1, -0.05) is 51.9 Å². The smallest absolute Gasteiger partial charge is 0.0502 e. The summed E-state index contributed by atoms with van der Waals surface area (Å²) in [5.74, 6) is 0.720. The second-order valence-electron chi connectivity index (χ2n) is 5.87. The van der Waals surface area contributed by atoms with Crippen LogP contribution in [-0.4, -0.2) is 18.3 Å². The zero-order valence-electron chi connectivity index (χ0n) is 11.6. The predicted octanol–water partition coefficient (Wildman–Crippen LogP) is 3.47. The van der Waals surface area contributed by atoms with Crippen LogP contribution in [0.5, 0.6) is 0 Å². The van der Waals surface area contributed by atoms with Gasteiger partial charge in [0.2, 0.25) is 0 Å². The van der Waals surface area contributed by atoms with E-state index in [0.29, 0.717) is 13.2 Å². The highest BCUT2D eigenvalue weighted by molar-refractivity contribution is 4.94. The molecule has 1 aliphatic rings.